The minimum absolute atomic E-state index is 0.101. The third-order valence-electron chi connectivity index (χ3n) is 16.0. The molecule has 0 radical (unpaired) electrons. The van der Waals surface area contributed by atoms with Gasteiger partial charge in [-0.1, -0.05) is 286 Å². The predicted molar refractivity (Wildman–Crippen MR) is 349 cm³/mol. The summed E-state index contributed by atoms with van der Waals surface area (Å²) in [5.74, 6) is 0.0240. The maximum Gasteiger partial charge on any atom is 0.472 e. The molecule has 0 amide bonds. The van der Waals surface area contributed by atoms with Gasteiger partial charge in [-0.2, -0.15) is 0 Å². The van der Waals surface area contributed by atoms with Gasteiger partial charge in [0.1, 0.15) is 19.3 Å². The number of phosphoric acid groups is 2. The summed E-state index contributed by atoms with van der Waals surface area (Å²) in [6.07, 6.45) is 41.9. The molecular formula is C68H132O17P2. The first kappa shape index (κ1) is 85.1. The lowest BCUT2D eigenvalue weighted by Gasteiger charge is -2.21. The SMILES string of the molecule is CCCCCCCCCCCCCCCCCC(=O)O[C@H](COC(=O)CCCCCCCCCCCCC(C)CC)COP(=O)(O)OC[C@@H](O)COP(=O)(O)OC[C@@H](COC(=O)CCCCCCCCC(C)C)OC(=O)CCCCCCCCC(C)C. The van der Waals surface area contributed by atoms with Crippen LogP contribution in [0, 0.1) is 17.8 Å². The van der Waals surface area contributed by atoms with E-state index in [9.17, 15) is 43.2 Å². The summed E-state index contributed by atoms with van der Waals surface area (Å²) in [5.41, 5.74) is 0. The lowest BCUT2D eigenvalue weighted by Crippen LogP contribution is -2.30. The maximum absolute atomic E-state index is 13.0. The molecule has 0 rings (SSSR count). The number of rotatable bonds is 66. The van der Waals surface area contributed by atoms with Crippen molar-refractivity contribution in [2.24, 2.45) is 17.8 Å². The number of carbonyl (C=O) groups excluding carboxylic acids is 4. The van der Waals surface area contributed by atoms with Crippen molar-refractivity contribution < 1.29 is 80.2 Å². The van der Waals surface area contributed by atoms with Gasteiger partial charge in [-0.05, 0) is 43.4 Å². The molecule has 0 spiro atoms. The van der Waals surface area contributed by atoms with Crippen molar-refractivity contribution in [3.63, 3.8) is 0 Å². The summed E-state index contributed by atoms with van der Waals surface area (Å²) < 4.78 is 68.1. The quantitative estimate of drug-likeness (QED) is 0.0222. The number of hydrogen-bond donors (Lipinski definition) is 3. The Hall–Kier alpha value is -1.94. The third kappa shape index (κ3) is 61.3. The Bertz CT molecular complexity index is 1720. The number of carbonyl (C=O) groups is 4. The Balaban J connectivity index is 5.23. The lowest BCUT2D eigenvalue weighted by atomic mass is 9.99. The molecular weight excluding hydrogens is 1150 g/mol. The monoisotopic (exact) mass is 1280 g/mol. The molecule has 0 aromatic carbocycles. The van der Waals surface area contributed by atoms with Crippen molar-refractivity contribution in [3.05, 3.63) is 0 Å². The van der Waals surface area contributed by atoms with Crippen LogP contribution >= 0.6 is 15.6 Å². The van der Waals surface area contributed by atoms with E-state index in [0.29, 0.717) is 37.5 Å². The molecule has 6 atom stereocenters. The van der Waals surface area contributed by atoms with Crippen molar-refractivity contribution in [2.75, 3.05) is 39.6 Å². The number of esters is 4. The zero-order valence-electron chi connectivity index (χ0n) is 56.5. The van der Waals surface area contributed by atoms with Crippen LogP contribution in [0.3, 0.4) is 0 Å². The van der Waals surface area contributed by atoms with Crippen LogP contribution in [-0.4, -0.2) is 96.7 Å². The van der Waals surface area contributed by atoms with Gasteiger partial charge in [-0.25, -0.2) is 9.13 Å². The number of aliphatic hydroxyl groups excluding tert-OH is 1. The molecule has 3 N–H and O–H groups in total. The number of hydrogen-bond acceptors (Lipinski definition) is 15. The van der Waals surface area contributed by atoms with E-state index in [4.69, 9.17) is 37.0 Å². The first-order valence-corrected chi connectivity index (χ1v) is 38.4. The minimum Gasteiger partial charge on any atom is -0.462 e. The van der Waals surface area contributed by atoms with Crippen molar-refractivity contribution in [3.8, 4) is 0 Å². The van der Waals surface area contributed by atoms with Crippen molar-refractivity contribution in [1.82, 2.24) is 0 Å². The third-order valence-corrected chi connectivity index (χ3v) is 17.9. The highest BCUT2D eigenvalue weighted by Gasteiger charge is 2.30. The van der Waals surface area contributed by atoms with Crippen LogP contribution in [-0.2, 0) is 65.4 Å². The molecule has 0 aliphatic carbocycles. The standard InChI is InChI=1S/C68H132O17P2/c1-8-10-11-12-13-14-15-16-17-18-19-24-27-37-44-51-67(72)84-63(55-78-65(70)49-42-35-26-23-21-20-22-25-34-41-48-61(7)9-2)57-82-86(74,75)80-53-62(69)54-81-87(76,77)83-58-64(85-68(73)52-45-38-31-29-33-40-47-60(5)6)56-79-66(71)50-43-36-30-28-32-39-46-59(3)4/h59-64,69H,8-58H2,1-7H3,(H,74,75)(H,76,77)/t61?,62-,63-,64-/m1/s1. The molecule has 0 heterocycles. The fourth-order valence-electron chi connectivity index (χ4n) is 10.2. The van der Waals surface area contributed by atoms with Crippen LogP contribution in [0.2, 0.25) is 0 Å². The molecule has 19 heteroatoms. The van der Waals surface area contributed by atoms with Crippen LogP contribution in [0.1, 0.15) is 337 Å². The van der Waals surface area contributed by atoms with Gasteiger partial charge in [0.15, 0.2) is 12.2 Å². The van der Waals surface area contributed by atoms with Crippen molar-refractivity contribution in [1.29, 1.82) is 0 Å². The second-order valence-electron chi connectivity index (χ2n) is 25.8. The Labute approximate surface area is 530 Å². The molecule has 87 heavy (non-hydrogen) atoms. The molecule has 0 aromatic rings. The van der Waals surface area contributed by atoms with Gasteiger partial charge in [0, 0.05) is 25.7 Å². The second-order valence-corrected chi connectivity index (χ2v) is 28.7. The molecule has 3 unspecified atom stereocenters. The van der Waals surface area contributed by atoms with E-state index >= 15 is 0 Å². The highest BCUT2D eigenvalue weighted by Crippen LogP contribution is 2.45. The van der Waals surface area contributed by atoms with Crippen LogP contribution in [0.25, 0.3) is 0 Å². The number of unbranched alkanes of at least 4 members (excludes halogenated alkanes) is 33. The molecule has 516 valence electrons. The Morgan fingerprint density at radius 3 is 0.874 bits per heavy atom. The minimum atomic E-state index is -4.95. The summed E-state index contributed by atoms with van der Waals surface area (Å²) in [5, 5.41) is 10.6. The predicted octanol–water partition coefficient (Wildman–Crippen LogP) is 19.1. The zero-order chi connectivity index (χ0) is 64.5. The molecule has 0 saturated heterocycles. The van der Waals surface area contributed by atoms with Gasteiger partial charge >= 0.3 is 39.5 Å². The van der Waals surface area contributed by atoms with Gasteiger partial charge in [0.05, 0.1) is 26.4 Å². The first-order chi connectivity index (χ1) is 41.8. The molecule has 0 aromatic heterocycles. The smallest absolute Gasteiger partial charge is 0.462 e. The molecule has 0 aliphatic rings. The highest BCUT2D eigenvalue weighted by molar-refractivity contribution is 7.47. The fourth-order valence-corrected chi connectivity index (χ4v) is 11.7. The number of ether oxygens (including phenoxy) is 4. The number of phosphoric ester groups is 2. The summed E-state index contributed by atoms with van der Waals surface area (Å²) >= 11 is 0. The van der Waals surface area contributed by atoms with Gasteiger partial charge in [-0.3, -0.25) is 37.3 Å². The molecule has 0 fully saturated rings. The Kier molecular flexibility index (Phi) is 57.8. The van der Waals surface area contributed by atoms with Crippen molar-refractivity contribution in [2.45, 2.75) is 356 Å². The average Bonchev–Trinajstić information content (AvgIpc) is 3.57. The van der Waals surface area contributed by atoms with Gasteiger partial charge in [-0.15, -0.1) is 0 Å². The van der Waals surface area contributed by atoms with E-state index in [1.54, 1.807) is 0 Å². The van der Waals surface area contributed by atoms with Gasteiger partial charge in [0.25, 0.3) is 0 Å². The Morgan fingerprint density at radius 1 is 0.333 bits per heavy atom. The molecule has 0 saturated carbocycles. The van der Waals surface area contributed by atoms with Gasteiger partial charge in [0.2, 0.25) is 0 Å². The number of aliphatic hydroxyl groups is 1. The summed E-state index contributed by atoms with van der Waals surface area (Å²) in [7, 11) is -9.89. The maximum atomic E-state index is 13.0. The van der Waals surface area contributed by atoms with Crippen LogP contribution in [0.4, 0.5) is 0 Å². The van der Waals surface area contributed by atoms with E-state index in [1.807, 2.05) is 0 Å². The molecule has 0 aliphatic heterocycles. The molecule has 17 nitrogen and oxygen atoms in total. The van der Waals surface area contributed by atoms with Crippen LogP contribution in [0.15, 0.2) is 0 Å². The topological polar surface area (TPSA) is 237 Å². The van der Waals surface area contributed by atoms with Crippen molar-refractivity contribution >= 4 is 39.5 Å². The van der Waals surface area contributed by atoms with E-state index in [-0.39, 0.29) is 25.7 Å². The first-order valence-electron chi connectivity index (χ1n) is 35.4. The lowest BCUT2D eigenvalue weighted by molar-refractivity contribution is -0.161. The summed E-state index contributed by atoms with van der Waals surface area (Å²) in [6.45, 7) is 11.7. The van der Waals surface area contributed by atoms with E-state index < -0.39 is 97.5 Å². The zero-order valence-corrected chi connectivity index (χ0v) is 58.3. The van der Waals surface area contributed by atoms with E-state index in [2.05, 4.69) is 48.5 Å². The normalized spacial score (nSPS) is 14.6. The summed E-state index contributed by atoms with van der Waals surface area (Å²) in [4.78, 5) is 72.4. The molecule has 0 bridgehead atoms. The van der Waals surface area contributed by atoms with E-state index in [1.165, 1.54) is 141 Å². The van der Waals surface area contributed by atoms with Crippen LogP contribution in [0.5, 0.6) is 0 Å². The summed E-state index contributed by atoms with van der Waals surface area (Å²) in [6, 6.07) is 0. The largest absolute Gasteiger partial charge is 0.472 e. The van der Waals surface area contributed by atoms with Gasteiger partial charge < -0.3 is 33.8 Å². The average molecular weight is 1280 g/mol. The fraction of sp³-hybridized carbons (Fsp3) is 0.941. The second kappa shape index (κ2) is 59.1. The van der Waals surface area contributed by atoms with E-state index in [0.717, 1.165) is 102 Å². The van der Waals surface area contributed by atoms with Crippen LogP contribution < -0.4 is 0 Å². The highest BCUT2D eigenvalue weighted by atomic mass is 31.2. The Morgan fingerprint density at radius 2 is 0.586 bits per heavy atom.